The quantitative estimate of drug-likeness (QED) is 0.628. The summed E-state index contributed by atoms with van der Waals surface area (Å²) in [6.07, 6.45) is 2.42. The molecule has 0 amide bonds. The topological polar surface area (TPSA) is 26.3 Å². The van der Waals surface area contributed by atoms with Gasteiger partial charge in [-0.25, -0.2) is 13.6 Å². The summed E-state index contributed by atoms with van der Waals surface area (Å²) in [5, 5.41) is 0. The Morgan fingerprint density at radius 3 is 2.65 bits per heavy atom. The summed E-state index contributed by atoms with van der Waals surface area (Å²) in [6, 6.07) is 4.37. The SMILES string of the molecule is COC(=O)C=Cc1cc(Br)ccc1C(C)(F)F. The molecule has 0 atom stereocenters. The molecule has 0 spiro atoms. The lowest BCUT2D eigenvalue weighted by Crippen LogP contribution is -2.09. The van der Waals surface area contributed by atoms with Gasteiger partial charge >= 0.3 is 5.97 Å². The average molecular weight is 305 g/mol. The van der Waals surface area contributed by atoms with Crippen LogP contribution in [-0.2, 0) is 15.5 Å². The fourth-order valence-electron chi connectivity index (χ4n) is 1.30. The van der Waals surface area contributed by atoms with Gasteiger partial charge in [-0.05, 0) is 23.8 Å². The van der Waals surface area contributed by atoms with Gasteiger partial charge in [-0.2, -0.15) is 0 Å². The molecule has 0 saturated carbocycles. The molecule has 0 bridgehead atoms. The Bertz CT molecular complexity index is 450. The number of methoxy groups -OCH3 is 1. The van der Waals surface area contributed by atoms with E-state index in [0.29, 0.717) is 4.47 Å². The average Bonchev–Trinajstić information content (AvgIpc) is 2.24. The molecular formula is C12H11BrF2O2. The van der Waals surface area contributed by atoms with Gasteiger partial charge in [0, 0.05) is 23.0 Å². The molecule has 1 rings (SSSR count). The second-order valence-electron chi connectivity index (χ2n) is 3.48. The van der Waals surface area contributed by atoms with Crippen molar-refractivity contribution in [2.24, 2.45) is 0 Å². The van der Waals surface area contributed by atoms with Crippen LogP contribution in [0.2, 0.25) is 0 Å². The number of ether oxygens (including phenoxy) is 1. The van der Waals surface area contributed by atoms with E-state index >= 15 is 0 Å². The molecule has 0 saturated heterocycles. The van der Waals surface area contributed by atoms with Crippen LogP contribution in [0.1, 0.15) is 18.1 Å². The van der Waals surface area contributed by atoms with Crippen molar-refractivity contribution in [3.63, 3.8) is 0 Å². The Balaban J connectivity index is 3.17. The minimum Gasteiger partial charge on any atom is -0.466 e. The summed E-state index contributed by atoms with van der Waals surface area (Å²) in [5.74, 6) is -3.55. The minimum absolute atomic E-state index is 0.138. The Morgan fingerprint density at radius 1 is 1.47 bits per heavy atom. The molecule has 92 valence electrons. The molecule has 0 aliphatic carbocycles. The van der Waals surface area contributed by atoms with Gasteiger partial charge in [0.25, 0.3) is 5.92 Å². The van der Waals surface area contributed by atoms with E-state index in [1.807, 2.05) is 0 Å². The lowest BCUT2D eigenvalue weighted by Gasteiger charge is -2.14. The van der Waals surface area contributed by atoms with Crippen LogP contribution in [0.3, 0.4) is 0 Å². The Morgan fingerprint density at radius 2 is 2.12 bits per heavy atom. The summed E-state index contributed by atoms with van der Waals surface area (Å²) in [7, 11) is 1.23. The fourth-order valence-corrected chi connectivity index (χ4v) is 1.68. The third-order valence-corrected chi connectivity index (χ3v) is 2.58. The van der Waals surface area contributed by atoms with E-state index in [1.54, 1.807) is 0 Å². The molecule has 2 nitrogen and oxygen atoms in total. The zero-order chi connectivity index (χ0) is 13.1. The van der Waals surface area contributed by atoms with Crippen LogP contribution in [0.15, 0.2) is 28.7 Å². The second-order valence-corrected chi connectivity index (χ2v) is 4.39. The van der Waals surface area contributed by atoms with Gasteiger partial charge in [-0.1, -0.05) is 22.0 Å². The van der Waals surface area contributed by atoms with E-state index in [0.717, 1.165) is 13.0 Å². The summed E-state index contributed by atoms with van der Waals surface area (Å²) in [6.45, 7) is 0.811. The van der Waals surface area contributed by atoms with Crippen LogP contribution < -0.4 is 0 Å². The molecule has 0 radical (unpaired) electrons. The van der Waals surface area contributed by atoms with Crippen LogP contribution >= 0.6 is 15.9 Å². The fraction of sp³-hybridized carbons (Fsp3) is 0.250. The first-order valence-corrected chi connectivity index (χ1v) is 5.58. The standard InChI is InChI=1S/C12H11BrF2O2/c1-12(14,15)10-5-4-9(13)7-8(10)3-6-11(16)17-2/h3-7H,1-2H3. The van der Waals surface area contributed by atoms with Crippen LogP contribution in [0.5, 0.6) is 0 Å². The van der Waals surface area contributed by atoms with E-state index in [9.17, 15) is 13.6 Å². The molecule has 0 heterocycles. The third-order valence-electron chi connectivity index (χ3n) is 2.09. The summed E-state index contributed by atoms with van der Waals surface area (Å²) in [4.78, 5) is 10.9. The molecule has 17 heavy (non-hydrogen) atoms. The second kappa shape index (κ2) is 5.40. The van der Waals surface area contributed by atoms with Crippen LogP contribution in [-0.4, -0.2) is 13.1 Å². The monoisotopic (exact) mass is 304 g/mol. The minimum atomic E-state index is -2.96. The number of benzene rings is 1. The molecule has 5 heteroatoms. The van der Waals surface area contributed by atoms with Crippen LogP contribution in [0.4, 0.5) is 8.78 Å². The highest BCUT2D eigenvalue weighted by Crippen LogP contribution is 2.32. The first-order chi connectivity index (χ1) is 7.84. The molecule has 0 fully saturated rings. The Labute approximate surface area is 106 Å². The van der Waals surface area contributed by atoms with E-state index in [4.69, 9.17) is 0 Å². The summed E-state index contributed by atoms with van der Waals surface area (Å²) >= 11 is 3.19. The van der Waals surface area contributed by atoms with E-state index in [2.05, 4.69) is 20.7 Å². The maximum atomic E-state index is 13.3. The molecule has 0 aromatic heterocycles. The van der Waals surface area contributed by atoms with Gasteiger partial charge < -0.3 is 4.74 Å². The molecule has 0 N–H and O–H groups in total. The van der Waals surface area contributed by atoms with Gasteiger partial charge in [0.1, 0.15) is 0 Å². The molecule has 1 aromatic rings. The molecular weight excluding hydrogens is 294 g/mol. The van der Waals surface area contributed by atoms with Gasteiger partial charge in [0.05, 0.1) is 7.11 Å². The zero-order valence-corrected chi connectivity index (χ0v) is 10.9. The number of carbonyl (C=O) groups excluding carboxylic acids is 1. The Hall–Kier alpha value is -1.23. The summed E-state index contributed by atoms with van der Waals surface area (Å²) < 4.78 is 31.6. The van der Waals surface area contributed by atoms with Gasteiger partial charge in [0.2, 0.25) is 0 Å². The van der Waals surface area contributed by atoms with Crippen molar-refractivity contribution in [2.45, 2.75) is 12.8 Å². The van der Waals surface area contributed by atoms with E-state index in [-0.39, 0.29) is 11.1 Å². The Kier molecular flexibility index (Phi) is 4.40. The number of rotatable bonds is 3. The number of esters is 1. The molecule has 0 aliphatic heterocycles. The highest BCUT2D eigenvalue weighted by molar-refractivity contribution is 9.10. The van der Waals surface area contributed by atoms with Crippen molar-refractivity contribution >= 4 is 28.0 Å². The van der Waals surface area contributed by atoms with Crippen molar-refractivity contribution in [1.29, 1.82) is 0 Å². The molecule has 0 unspecified atom stereocenters. The van der Waals surface area contributed by atoms with Gasteiger partial charge in [-0.15, -0.1) is 0 Å². The smallest absolute Gasteiger partial charge is 0.330 e. The van der Waals surface area contributed by atoms with Crippen LogP contribution in [0.25, 0.3) is 6.08 Å². The highest BCUT2D eigenvalue weighted by Gasteiger charge is 2.26. The van der Waals surface area contributed by atoms with Gasteiger partial charge in [-0.3, -0.25) is 0 Å². The zero-order valence-electron chi connectivity index (χ0n) is 9.34. The van der Waals surface area contributed by atoms with Gasteiger partial charge in [0.15, 0.2) is 0 Å². The highest BCUT2D eigenvalue weighted by atomic mass is 79.9. The molecule has 0 aliphatic rings. The first-order valence-electron chi connectivity index (χ1n) is 4.78. The summed E-state index contributed by atoms with van der Waals surface area (Å²) in [5.41, 5.74) is 0.137. The molecule has 1 aromatic carbocycles. The third kappa shape index (κ3) is 3.93. The van der Waals surface area contributed by atoms with Crippen molar-refractivity contribution in [2.75, 3.05) is 7.11 Å². The maximum absolute atomic E-state index is 13.3. The number of hydrogen-bond donors (Lipinski definition) is 0. The normalized spacial score (nSPS) is 11.8. The predicted molar refractivity (Wildman–Crippen MR) is 64.8 cm³/mol. The predicted octanol–water partition coefficient (Wildman–Crippen LogP) is 3.75. The number of hydrogen-bond acceptors (Lipinski definition) is 2. The number of carbonyl (C=O) groups is 1. The number of alkyl halides is 2. The van der Waals surface area contributed by atoms with Crippen molar-refractivity contribution in [3.8, 4) is 0 Å². The van der Waals surface area contributed by atoms with Crippen molar-refractivity contribution < 1.29 is 18.3 Å². The van der Waals surface area contributed by atoms with Crippen LogP contribution in [0, 0.1) is 0 Å². The van der Waals surface area contributed by atoms with E-state index < -0.39 is 11.9 Å². The largest absolute Gasteiger partial charge is 0.466 e. The lowest BCUT2D eigenvalue weighted by molar-refractivity contribution is -0.134. The van der Waals surface area contributed by atoms with Crippen molar-refractivity contribution in [1.82, 2.24) is 0 Å². The first kappa shape index (κ1) is 13.8. The van der Waals surface area contributed by atoms with Crippen molar-refractivity contribution in [3.05, 3.63) is 39.9 Å². The maximum Gasteiger partial charge on any atom is 0.330 e. The lowest BCUT2D eigenvalue weighted by atomic mass is 10.0. The number of halogens is 3. The van der Waals surface area contributed by atoms with E-state index in [1.165, 1.54) is 31.4 Å².